The number of furan rings is 1. The van der Waals surface area contributed by atoms with Crippen LogP contribution in [0.2, 0.25) is 0 Å². The van der Waals surface area contributed by atoms with Crippen molar-refractivity contribution in [2.45, 2.75) is 26.1 Å². The van der Waals surface area contributed by atoms with Gasteiger partial charge in [0, 0.05) is 19.1 Å². The summed E-state index contributed by atoms with van der Waals surface area (Å²) in [5, 5.41) is 3.11. The molecule has 102 valence electrons. The van der Waals surface area contributed by atoms with Gasteiger partial charge < -0.3 is 14.6 Å². The molecule has 2 heterocycles. The van der Waals surface area contributed by atoms with E-state index in [1.165, 1.54) is 0 Å². The second kappa shape index (κ2) is 5.87. The van der Waals surface area contributed by atoms with Crippen LogP contribution in [0, 0.1) is 5.92 Å². The molecule has 0 saturated carbocycles. The number of nitrogens with zero attached hydrogens (tertiary/aromatic N) is 2. The average Bonchev–Trinajstić information content (AvgIpc) is 2.87. The van der Waals surface area contributed by atoms with Gasteiger partial charge in [-0.1, -0.05) is 6.92 Å². The molecule has 4 nitrogen and oxygen atoms in total. The number of hydrogen-bond acceptors (Lipinski definition) is 4. The molecule has 1 aliphatic rings. The molecule has 1 saturated heterocycles. The first-order valence-corrected chi connectivity index (χ1v) is 6.71. The van der Waals surface area contributed by atoms with Crippen molar-refractivity contribution in [1.82, 2.24) is 15.1 Å². The van der Waals surface area contributed by atoms with Gasteiger partial charge in [-0.25, -0.2) is 0 Å². The van der Waals surface area contributed by atoms with Gasteiger partial charge in [-0.15, -0.1) is 0 Å². The number of hydrogen-bond donors (Lipinski definition) is 1. The van der Waals surface area contributed by atoms with Crippen LogP contribution in [-0.4, -0.2) is 50.1 Å². The third kappa shape index (κ3) is 3.13. The van der Waals surface area contributed by atoms with Crippen molar-refractivity contribution in [1.29, 1.82) is 0 Å². The van der Waals surface area contributed by atoms with E-state index in [0.717, 1.165) is 43.6 Å². The molecule has 0 bridgehead atoms. The molecule has 0 aliphatic carbocycles. The highest BCUT2D eigenvalue weighted by Crippen LogP contribution is 2.22. The minimum Gasteiger partial charge on any atom is -0.463 e. The van der Waals surface area contributed by atoms with Gasteiger partial charge in [-0.2, -0.15) is 0 Å². The predicted octanol–water partition coefficient (Wildman–Crippen LogP) is 1.38. The fourth-order valence-corrected chi connectivity index (χ4v) is 2.85. The van der Waals surface area contributed by atoms with Crippen LogP contribution in [-0.2, 0) is 13.1 Å². The molecule has 1 N–H and O–H groups in total. The Kier molecular flexibility index (Phi) is 4.43. The molecule has 4 heteroatoms. The summed E-state index contributed by atoms with van der Waals surface area (Å²) in [5.74, 6) is 2.82. The zero-order valence-electron chi connectivity index (χ0n) is 11.9. The summed E-state index contributed by atoms with van der Waals surface area (Å²) in [6.45, 7) is 6.36. The second-order valence-corrected chi connectivity index (χ2v) is 5.60. The quantitative estimate of drug-likeness (QED) is 0.857. The Bertz CT molecular complexity index is 375. The summed E-state index contributed by atoms with van der Waals surface area (Å²) in [4.78, 5) is 4.82. The normalized spacial score (nSPS) is 25.2. The minimum absolute atomic E-state index is 0.664. The zero-order chi connectivity index (χ0) is 13.1. The van der Waals surface area contributed by atoms with Crippen molar-refractivity contribution in [3.63, 3.8) is 0 Å². The molecular weight excluding hydrogens is 226 g/mol. The SMILES string of the molecule is CNCc1ccc(CN2CC(C)C(N(C)C)C2)o1. The third-order valence-corrected chi connectivity index (χ3v) is 3.76. The minimum atomic E-state index is 0.664. The number of likely N-dealkylation sites (tertiary alicyclic amines) is 1. The summed E-state index contributed by atoms with van der Waals surface area (Å²) in [6.07, 6.45) is 0. The monoisotopic (exact) mass is 251 g/mol. The average molecular weight is 251 g/mol. The predicted molar refractivity (Wildman–Crippen MR) is 73.4 cm³/mol. The van der Waals surface area contributed by atoms with Gasteiger partial charge in [0.05, 0.1) is 13.1 Å². The number of rotatable bonds is 5. The summed E-state index contributed by atoms with van der Waals surface area (Å²) in [7, 11) is 6.27. The van der Waals surface area contributed by atoms with E-state index in [0.29, 0.717) is 6.04 Å². The van der Waals surface area contributed by atoms with Crippen molar-refractivity contribution in [2.24, 2.45) is 5.92 Å². The Morgan fingerprint density at radius 3 is 2.67 bits per heavy atom. The van der Waals surface area contributed by atoms with Gasteiger partial charge in [-0.3, -0.25) is 4.90 Å². The summed E-state index contributed by atoms with van der Waals surface area (Å²) >= 11 is 0. The molecule has 0 aromatic carbocycles. The molecule has 2 unspecified atom stereocenters. The lowest BCUT2D eigenvalue weighted by atomic mass is 10.1. The van der Waals surface area contributed by atoms with Crippen molar-refractivity contribution < 1.29 is 4.42 Å². The first-order valence-electron chi connectivity index (χ1n) is 6.71. The van der Waals surface area contributed by atoms with Crippen molar-refractivity contribution in [3.8, 4) is 0 Å². The molecule has 18 heavy (non-hydrogen) atoms. The first kappa shape index (κ1) is 13.6. The number of nitrogens with one attached hydrogen (secondary N) is 1. The maximum absolute atomic E-state index is 5.80. The highest BCUT2D eigenvalue weighted by atomic mass is 16.3. The highest BCUT2D eigenvalue weighted by molar-refractivity contribution is 5.07. The lowest BCUT2D eigenvalue weighted by Gasteiger charge is -2.22. The Morgan fingerprint density at radius 1 is 1.33 bits per heavy atom. The second-order valence-electron chi connectivity index (χ2n) is 5.60. The lowest BCUT2D eigenvalue weighted by Crippen LogP contribution is -2.34. The largest absolute Gasteiger partial charge is 0.463 e. The Hall–Kier alpha value is -0.840. The molecule has 1 aliphatic heterocycles. The lowest BCUT2D eigenvalue weighted by molar-refractivity contribution is 0.242. The van der Waals surface area contributed by atoms with Crippen LogP contribution >= 0.6 is 0 Å². The molecule has 2 rings (SSSR count). The van der Waals surface area contributed by atoms with E-state index >= 15 is 0 Å². The topological polar surface area (TPSA) is 31.6 Å². The third-order valence-electron chi connectivity index (χ3n) is 3.76. The molecule has 0 radical (unpaired) electrons. The van der Waals surface area contributed by atoms with E-state index < -0.39 is 0 Å². The standard InChI is InChI=1S/C14H25N3O/c1-11-8-17(10-14(11)16(3)4)9-13-6-5-12(18-13)7-15-2/h5-6,11,14-15H,7-10H2,1-4H3. The van der Waals surface area contributed by atoms with E-state index in [1.807, 2.05) is 7.05 Å². The van der Waals surface area contributed by atoms with Crippen LogP contribution in [0.3, 0.4) is 0 Å². The highest BCUT2D eigenvalue weighted by Gasteiger charge is 2.31. The molecule has 1 aromatic heterocycles. The number of likely N-dealkylation sites (N-methyl/N-ethyl adjacent to an activating group) is 1. The summed E-state index contributed by atoms with van der Waals surface area (Å²) < 4.78 is 5.80. The Labute approximate surface area is 110 Å². The van der Waals surface area contributed by atoms with Crippen LogP contribution in [0.4, 0.5) is 0 Å². The molecule has 0 amide bonds. The molecule has 1 aromatic rings. The van der Waals surface area contributed by atoms with Crippen molar-refractivity contribution in [3.05, 3.63) is 23.7 Å². The molecule has 1 fully saturated rings. The van der Waals surface area contributed by atoms with E-state index in [-0.39, 0.29) is 0 Å². The van der Waals surface area contributed by atoms with Gasteiger partial charge in [0.2, 0.25) is 0 Å². The van der Waals surface area contributed by atoms with E-state index in [9.17, 15) is 0 Å². The van der Waals surface area contributed by atoms with Gasteiger partial charge in [0.25, 0.3) is 0 Å². The fraction of sp³-hybridized carbons (Fsp3) is 0.714. The van der Waals surface area contributed by atoms with Crippen LogP contribution in [0.25, 0.3) is 0 Å². The van der Waals surface area contributed by atoms with Crippen molar-refractivity contribution in [2.75, 3.05) is 34.2 Å². The van der Waals surface area contributed by atoms with Crippen LogP contribution < -0.4 is 5.32 Å². The Balaban J connectivity index is 1.90. The van der Waals surface area contributed by atoms with E-state index in [4.69, 9.17) is 4.42 Å². The van der Waals surface area contributed by atoms with E-state index in [1.54, 1.807) is 0 Å². The Morgan fingerprint density at radius 2 is 2.06 bits per heavy atom. The van der Waals surface area contributed by atoms with Gasteiger partial charge in [-0.05, 0) is 39.2 Å². The van der Waals surface area contributed by atoms with Gasteiger partial charge in [0.15, 0.2) is 0 Å². The van der Waals surface area contributed by atoms with Crippen molar-refractivity contribution >= 4 is 0 Å². The first-order chi connectivity index (χ1) is 8.60. The smallest absolute Gasteiger partial charge is 0.118 e. The summed E-state index contributed by atoms with van der Waals surface area (Å²) in [5.41, 5.74) is 0. The van der Waals surface area contributed by atoms with Gasteiger partial charge in [0.1, 0.15) is 11.5 Å². The molecule has 0 spiro atoms. The zero-order valence-corrected chi connectivity index (χ0v) is 11.9. The van der Waals surface area contributed by atoms with Crippen LogP contribution in [0.5, 0.6) is 0 Å². The maximum Gasteiger partial charge on any atom is 0.118 e. The van der Waals surface area contributed by atoms with Crippen LogP contribution in [0.1, 0.15) is 18.4 Å². The fourth-order valence-electron chi connectivity index (χ4n) is 2.85. The maximum atomic E-state index is 5.80. The van der Waals surface area contributed by atoms with E-state index in [2.05, 4.69) is 48.3 Å². The molecular formula is C14H25N3O. The van der Waals surface area contributed by atoms with Crippen LogP contribution in [0.15, 0.2) is 16.5 Å². The van der Waals surface area contributed by atoms with Gasteiger partial charge >= 0.3 is 0 Å². The summed E-state index contributed by atoms with van der Waals surface area (Å²) in [6, 6.07) is 4.83. The molecule has 2 atom stereocenters.